The summed E-state index contributed by atoms with van der Waals surface area (Å²) in [6, 6.07) is 7.89. The Labute approximate surface area is 125 Å². The van der Waals surface area contributed by atoms with Gasteiger partial charge >= 0.3 is 0 Å². The first-order chi connectivity index (χ1) is 9.63. The highest BCUT2D eigenvalue weighted by atomic mass is 32.2. The van der Waals surface area contributed by atoms with Crippen molar-refractivity contribution in [3.63, 3.8) is 0 Å². The van der Waals surface area contributed by atoms with E-state index in [1.807, 2.05) is 38.1 Å². The van der Waals surface area contributed by atoms with Crippen LogP contribution in [0, 0.1) is 13.8 Å². The highest BCUT2D eigenvalue weighted by Gasteiger charge is 2.05. The second kappa shape index (κ2) is 7.16. The number of thioether (sulfide) groups is 1. The summed E-state index contributed by atoms with van der Waals surface area (Å²) < 4.78 is 0.792. The Morgan fingerprint density at radius 1 is 1.35 bits per heavy atom. The van der Waals surface area contributed by atoms with E-state index < -0.39 is 0 Å². The molecule has 20 heavy (non-hydrogen) atoms. The summed E-state index contributed by atoms with van der Waals surface area (Å²) in [6.45, 7) is 3.91. The van der Waals surface area contributed by atoms with Crippen LogP contribution in [0.25, 0.3) is 0 Å². The Hall–Kier alpha value is -1.73. The standard InChI is InChI=1S/C13H14N4OS2/c1-9-3-5-11(6-4-9)7-14-16-12(18)8-19-13-17-15-10(2)20-13/h3-7H,8H2,1-2H3,(H,16,18)/b14-7-. The lowest BCUT2D eigenvalue weighted by molar-refractivity contribution is -0.118. The summed E-state index contributed by atoms with van der Waals surface area (Å²) >= 11 is 2.83. The fourth-order valence-corrected chi connectivity index (χ4v) is 2.94. The van der Waals surface area contributed by atoms with Gasteiger partial charge in [-0.25, -0.2) is 5.43 Å². The maximum atomic E-state index is 11.6. The molecule has 1 amide bonds. The van der Waals surface area contributed by atoms with Crippen LogP contribution in [-0.4, -0.2) is 28.1 Å². The maximum absolute atomic E-state index is 11.6. The second-order valence-electron chi connectivity index (χ2n) is 4.08. The van der Waals surface area contributed by atoms with E-state index in [2.05, 4.69) is 20.7 Å². The third-order valence-corrected chi connectivity index (χ3v) is 4.29. The van der Waals surface area contributed by atoms with Crippen molar-refractivity contribution >= 4 is 35.2 Å². The predicted molar refractivity (Wildman–Crippen MR) is 82.3 cm³/mol. The number of hydrogen-bond acceptors (Lipinski definition) is 6. The second-order valence-corrected chi connectivity index (χ2v) is 6.48. The normalized spacial score (nSPS) is 10.9. The molecule has 0 unspecified atom stereocenters. The van der Waals surface area contributed by atoms with Crippen molar-refractivity contribution in [1.82, 2.24) is 15.6 Å². The largest absolute Gasteiger partial charge is 0.272 e. The molecule has 0 saturated carbocycles. The Balaban J connectivity index is 1.76. The molecule has 0 atom stereocenters. The molecular formula is C13H14N4OS2. The predicted octanol–water partition coefficient (Wildman–Crippen LogP) is 2.40. The molecule has 1 aromatic heterocycles. The lowest BCUT2D eigenvalue weighted by atomic mass is 10.2. The van der Waals surface area contributed by atoms with E-state index in [0.29, 0.717) is 0 Å². The molecule has 0 fully saturated rings. The quantitative estimate of drug-likeness (QED) is 0.523. The first-order valence-corrected chi connectivity index (χ1v) is 7.75. The van der Waals surface area contributed by atoms with Crippen LogP contribution in [0.15, 0.2) is 33.7 Å². The van der Waals surface area contributed by atoms with Gasteiger partial charge in [0, 0.05) is 0 Å². The molecule has 0 aliphatic carbocycles. The average Bonchev–Trinajstić information content (AvgIpc) is 2.85. The van der Waals surface area contributed by atoms with Gasteiger partial charge in [0.05, 0.1) is 12.0 Å². The summed E-state index contributed by atoms with van der Waals surface area (Å²) in [6.07, 6.45) is 1.62. The summed E-state index contributed by atoms with van der Waals surface area (Å²) in [5, 5.41) is 12.6. The highest BCUT2D eigenvalue weighted by molar-refractivity contribution is 8.01. The zero-order valence-corrected chi connectivity index (χ0v) is 12.8. The molecule has 7 heteroatoms. The number of hydrazone groups is 1. The monoisotopic (exact) mass is 306 g/mol. The van der Waals surface area contributed by atoms with Crippen LogP contribution in [0.5, 0.6) is 0 Å². The van der Waals surface area contributed by atoms with Crippen LogP contribution in [0.2, 0.25) is 0 Å². The van der Waals surface area contributed by atoms with Crippen LogP contribution in [0.1, 0.15) is 16.1 Å². The smallest absolute Gasteiger partial charge is 0.250 e. The van der Waals surface area contributed by atoms with E-state index in [1.54, 1.807) is 6.21 Å². The highest BCUT2D eigenvalue weighted by Crippen LogP contribution is 2.21. The molecule has 5 nitrogen and oxygen atoms in total. The van der Waals surface area contributed by atoms with Crippen molar-refractivity contribution in [1.29, 1.82) is 0 Å². The van der Waals surface area contributed by atoms with E-state index in [9.17, 15) is 4.79 Å². The summed E-state index contributed by atoms with van der Waals surface area (Å²) in [4.78, 5) is 11.6. The van der Waals surface area contributed by atoms with E-state index >= 15 is 0 Å². The van der Waals surface area contributed by atoms with Crippen molar-refractivity contribution in [3.05, 3.63) is 40.4 Å². The van der Waals surface area contributed by atoms with Gasteiger partial charge in [0.2, 0.25) is 0 Å². The molecule has 0 radical (unpaired) electrons. The van der Waals surface area contributed by atoms with Crippen LogP contribution < -0.4 is 5.43 Å². The average molecular weight is 306 g/mol. The number of aryl methyl sites for hydroxylation is 2. The van der Waals surface area contributed by atoms with E-state index in [-0.39, 0.29) is 11.7 Å². The minimum Gasteiger partial charge on any atom is -0.272 e. The van der Waals surface area contributed by atoms with Crippen molar-refractivity contribution in [2.24, 2.45) is 5.10 Å². The third-order valence-electron chi connectivity index (χ3n) is 2.31. The molecule has 0 saturated heterocycles. The molecule has 1 N–H and O–H groups in total. The number of nitrogens with one attached hydrogen (secondary N) is 1. The van der Waals surface area contributed by atoms with E-state index in [4.69, 9.17) is 0 Å². The molecule has 104 valence electrons. The molecule has 0 spiro atoms. The number of rotatable bonds is 5. The molecule has 0 aliphatic rings. The Kier molecular flexibility index (Phi) is 5.25. The zero-order valence-electron chi connectivity index (χ0n) is 11.2. The Morgan fingerprint density at radius 3 is 2.75 bits per heavy atom. The van der Waals surface area contributed by atoms with E-state index in [0.717, 1.165) is 14.9 Å². The van der Waals surface area contributed by atoms with Crippen molar-refractivity contribution in [2.75, 3.05) is 5.75 Å². The Morgan fingerprint density at radius 2 is 2.10 bits per heavy atom. The van der Waals surface area contributed by atoms with Crippen molar-refractivity contribution < 1.29 is 4.79 Å². The number of carbonyl (C=O) groups excluding carboxylic acids is 1. The minimum absolute atomic E-state index is 0.161. The van der Waals surface area contributed by atoms with Crippen LogP contribution in [-0.2, 0) is 4.79 Å². The van der Waals surface area contributed by atoms with Crippen LogP contribution in [0.3, 0.4) is 0 Å². The zero-order chi connectivity index (χ0) is 14.4. The van der Waals surface area contributed by atoms with Crippen LogP contribution >= 0.6 is 23.1 Å². The first-order valence-electron chi connectivity index (χ1n) is 5.95. The summed E-state index contributed by atoms with van der Waals surface area (Å²) in [5.41, 5.74) is 4.63. The number of nitrogens with zero attached hydrogens (tertiary/aromatic N) is 3. The SMILES string of the molecule is Cc1ccc(/C=N\NC(=O)CSc2nnc(C)s2)cc1. The molecule has 2 rings (SSSR count). The number of amides is 1. The molecular weight excluding hydrogens is 292 g/mol. The third kappa shape index (κ3) is 4.75. The van der Waals surface area contributed by atoms with Gasteiger partial charge in [-0.15, -0.1) is 10.2 Å². The molecule has 0 aliphatic heterocycles. The number of hydrogen-bond donors (Lipinski definition) is 1. The van der Waals surface area contributed by atoms with E-state index in [1.165, 1.54) is 28.7 Å². The Bertz CT molecular complexity index is 607. The molecule has 1 heterocycles. The van der Waals surface area contributed by atoms with Crippen molar-refractivity contribution in [2.45, 2.75) is 18.2 Å². The van der Waals surface area contributed by atoms with Gasteiger partial charge in [-0.05, 0) is 19.4 Å². The van der Waals surface area contributed by atoms with Gasteiger partial charge in [0.25, 0.3) is 5.91 Å². The van der Waals surface area contributed by atoms with Gasteiger partial charge in [-0.2, -0.15) is 5.10 Å². The topological polar surface area (TPSA) is 67.2 Å². The van der Waals surface area contributed by atoms with Crippen molar-refractivity contribution in [3.8, 4) is 0 Å². The lowest BCUT2D eigenvalue weighted by Crippen LogP contribution is -2.19. The van der Waals surface area contributed by atoms with Gasteiger partial charge < -0.3 is 0 Å². The number of aromatic nitrogens is 2. The van der Waals surface area contributed by atoms with Gasteiger partial charge in [0.1, 0.15) is 5.01 Å². The minimum atomic E-state index is -0.161. The van der Waals surface area contributed by atoms with Crippen LogP contribution in [0.4, 0.5) is 0 Å². The number of benzene rings is 1. The summed E-state index contributed by atoms with van der Waals surface area (Å²) in [7, 11) is 0. The summed E-state index contributed by atoms with van der Waals surface area (Å²) in [5.74, 6) is 0.117. The van der Waals surface area contributed by atoms with Gasteiger partial charge in [-0.3, -0.25) is 4.79 Å². The van der Waals surface area contributed by atoms with Gasteiger partial charge in [0.15, 0.2) is 4.34 Å². The van der Waals surface area contributed by atoms with Gasteiger partial charge in [-0.1, -0.05) is 52.9 Å². The maximum Gasteiger partial charge on any atom is 0.250 e. The fraction of sp³-hybridized carbons (Fsp3) is 0.231. The molecule has 1 aromatic carbocycles. The fourth-order valence-electron chi connectivity index (χ4n) is 1.33. The molecule has 0 bridgehead atoms. The number of carbonyl (C=O) groups is 1. The first kappa shape index (κ1) is 14.7. The molecule has 2 aromatic rings. The lowest BCUT2D eigenvalue weighted by Gasteiger charge is -1.97.